The molecule has 0 saturated heterocycles. The van der Waals surface area contributed by atoms with Gasteiger partial charge >= 0.3 is 0 Å². The summed E-state index contributed by atoms with van der Waals surface area (Å²) in [5.74, 6) is 2.44. The second-order valence-corrected chi connectivity index (χ2v) is 10.2. The van der Waals surface area contributed by atoms with Crippen LogP contribution in [0.3, 0.4) is 0 Å². The van der Waals surface area contributed by atoms with Crippen molar-refractivity contribution in [3.05, 3.63) is 60.7 Å². The SMILES string of the molecule is Cc1cc(-c2nc(N)c3cc(NC4=NC5(CCCC5)CC4=O)ccc3n2)ccc1Oc1cc2nncn2cn1. The standard InChI is InChI=1S/C28H25N9O2/c1-16-10-17(4-7-22(16)39-24-12-23-36-31-15-37(23)14-30-24)26-33-20-6-5-18(11-19(20)25(29)34-26)32-27-21(38)13-28(35-27)8-2-3-9-28/h4-7,10-12,14-15H,2-3,8-9,13H2,1H3,(H,32,35)(H2,29,33,34). The average Bonchev–Trinajstić information content (AvgIpc) is 3.66. The first kappa shape index (κ1) is 23.2. The number of ether oxygens (including phenoxy) is 1. The molecule has 0 atom stereocenters. The van der Waals surface area contributed by atoms with Gasteiger partial charge in [-0.2, -0.15) is 0 Å². The molecule has 1 saturated carbocycles. The average molecular weight is 520 g/mol. The lowest BCUT2D eigenvalue weighted by Gasteiger charge is -2.16. The zero-order valence-corrected chi connectivity index (χ0v) is 21.3. The molecule has 39 heavy (non-hydrogen) atoms. The van der Waals surface area contributed by atoms with Crippen LogP contribution in [-0.2, 0) is 4.79 Å². The van der Waals surface area contributed by atoms with E-state index in [1.165, 1.54) is 0 Å². The predicted molar refractivity (Wildman–Crippen MR) is 147 cm³/mol. The Morgan fingerprint density at radius 3 is 2.77 bits per heavy atom. The second kappa shape index (κ2) is 8.83. The van der Waals surface area contributed by atoms with Crippen LogP contribution in [0, 0.1) is 6.92 Å². The van der Waals surface area contributed by atoms with Gasteiger partial charge in [-0.05, 0) is 61.7 Å². The summed E-state index contributed by atoms with van der Waals surface area (Å²) in [4.78, 5) is 31.0. The van der Waals surface area contributed by atoms with Gasteiger partial charge in [0.15, 0.2) is 23.1 Å². The molecule has 3 N–H and O–H groups in total. The fourth-order valence-corrected chi connectivity index (χ4v) is 5.42. The van der Waals surface area contributed by atoms with Crippen molar-refractivity contribution in [2.75, 3.05) is 11.1 Å². The van der Waals surface area contributed by atoms with Gasteiger partial charge < -0.3 is 15.8 Å². The Labute approximate surface area is 223 Å². The number of nitrogens with one attached hydrogen (secondary N) is 1. The minimum atomic E-state index is -0.201. The van der Waals surface area contributed by atoms with Gasteiger partial charge in [-0.1, -0.05) is 12.8 Å². The van der Waals surface area contributed by atoms with Crippen molar-refractivity contribution < 1.29 is 9.53 Å². The number of amidine groups is 1. The molecule has 1 aliphatic carbocycles. The van der Waals surface area contributed by atoms with Crippen molar-refractivity contribution in [3.8, 4) is 23.0 Å². The molecule has 5 aromatic rings. The molecule has 1 aliphatic heterocycles. The molecule has 11 heteroatoms. The van der Waals surface area contributed by atoms with Crippen LogP contribution < -0.4 is 15.8 Å². The number of aryl methyl sites for hydroxylation is 1. The van der Waals surface area contributed by atoms with E-state index in [4.69, 9.17) is 20.4 Å². The number of anilines is 2. The van der Waals surface area contributed by atoms with E-state index in [2.05, 4.69) is 25.5 Å². The highest BCUT2D eigenvalue weighted by Gasteiger charge is 2.42. The summed E-state index contributed by atoms with van der Waals surface area (Å²) in [5.41, 5.74) is 9.97. The molecule has 3 aromatic heterocycles. The van der Waals surface area contributed by atoms with Gasteiger partial charge in [-0.3, -0.25) is 14.2 Å². The van der Waals surface area contributed by atoms with Crippen LogP contribution in [0.2, 0.25) is 0 Å². The summed E-state index contributed by atoms with van der Waals surface area (Å²) >= 11 is 0. The molecule has 7 rings (SSSR count). The normalized spacial score (nSPS) is 16.3. The molecular formula is C28H25N9O2. The molecule has 0 unspecified atom stereocenters. The van der Waals surface area contributed by atoms with Gasteiger partial charge in [0.25, 0.3) is 0 Å². The molecule has 4 heterocycles. The molecule has 0 bridgehead atoms. The number of fused-ring (bicyclic) bond motifs is 2. The predicted octanol–water partition coefficient (Wildman–Crippen LogP) is 4.51. The molecule has 2 aromatic carbocycles. The molecule has 194 valence electrons. The van der Waals surface area contributed by atoms with Crippen molar-refractivity contribution in [2.45, 2.75) is 44.6 Å². The number of aromatic nitrogens is 6. The van der Waals surface area contributed by atoms with Crippen molar-refractivity contribution in [1.82, 2.24) is 29.5 Å². The van der Waals surface area contributed by atoms with Crippen molar-refractivity contribution in [2.24, 2.45) is 4.99 Å². The van der Waals surface area contributed by atoms with Crippen LogP contribution in [0.25, 0.3) is 27.9 Å². The molecule has 11 nitrogen and oxygen atoms in total. The molecule has 1 spiro atoms. The van der Waals surface area contributed by atoms with E-state index < -0.39 is 0 Å². The van der Waals surface area contributed by atoms with Crippen LogP contribution in [0.5, 0.6) is 11.6 Å². The molecule has 0 amide bonds. The number of benzene rings is 2. The Morgan fingerprint density at radius 2 is 1.92 bits per heavy atom. The summed E-state index contributed by atoms with van der Waals surface area (Å²) in [7, 11) is 0. The topological polar surface area (TPSA) is 146 Å². The monoisotopic (exact) mass is 519 g/mol. The van der Waals surface area contributed by atoms with E-state index >= 15 is 0 Å². The number of carbonyl (C=O) groups is 1. The zero-order chi connectivity index (χ0) is 26.6. The summed E-state index contributed by atoms with van der Waals surface area (Å²) in [5, 5.41) is 11.8. The number of nitrogen functional groups attached to an aromatic ring is 1. The number of hydrogen-bond acceptors (Lipinski definition) is 10. The summed E-state index contributed by atoms with van der Waals surface area (Å²) in [6, 6.07) is 13.0. The van der Waals surface area contributed by atoms with Gasteiger partial charge in [0.1, 0.15) is 24.2 Å². The van der Waals surface area contributed by atoms with Crippen LogP contribution in [0.1, 0.15) is 37.7 Å². The van der Waals surface area contributed by atoms with E-state index in [1.54, 1.807) is 23.1 Å². The minimum absolute atomic E-state index is 0.0641. The fraction of sp³-hybridized carbons (Fsp3) is 0.250. The Hall–Kier alpha value is -4.93. The lowest BCUT2D eigenvalue weighted by molar-refractivity contribution is -0.113. The van der Waals surface area contributed by atoms with Crippen molar-refractivity contribution in [3.63, 3.8) is 0 Å². The smallest absolute Gasteiger partial charge is 0.224 e. The number of carbonyl (C=O) groups excluding carboxylic acids is 1. The number of hydrogen-bond donors (Lipinski definition) is 2. The Morgan fingerprint density at radius 1 is 1.05 bits per heavy atom. The maximum absolute atomic E-state index is 12.6. The van der Waals surface area contributed by atoms with E-state index in [0.29, 0.717) is 52.1 Å². The Balaban J connectivity index is 1.14. The van der Waals surface area contributed by atoms with Gasteiger partial charge in [0, 0.05) is 29.1 Å². The highest BCUT2D eigenvalue weighted by molar-refractivity contribution is 6.45. The van der Waals surface area contributed by atoms with Crippen molar-refractivity contribution in [1.29, 1.82) is 0 Å². The second-order valence-electron chi connectivity index (χ2n) is 10.2. The van der Waals surface area contributed by atoms with E-state index in [0.717, 1.165) is 42.5 Å². The zero-order valence-electron chi connectivity index (χ0n) is 21.3. The quantitative estimate of drug-likeness (QED) is 0.350. The largest absolute Gasteiger partial charge is 0.439 e. The maximum atomic E-state index is 12.6. The third kappa shape index (κ3) is 4.21. The van der Waals surface area contributed by atoms with E-state index in [1.807, 2.05) is 43.3 Å². The number of nitrogens with two attached hydrogens (primary N) is 1. The molecule has 2 aliphatic rings. The summed E-state index contributed by atoms with van der Waals surface area (Å²) < 4.78 is 7.68. The minimum Gasteiger partial charge on any atom is -0.439 e. The number of rotatable bonds is 4. The summed E-state index contributed by atoms with van der Waals surface area (Å²) in [6.45, 7) is 1.94. The number of Topliss-reactive ketones (excluding diaryl/α,β-unsaturated/α-hetero) is 1. The first-order valence-electron chi connectivity index (χ1n) is 12.9. The van der Waals surface area contributed by atoms with Crippen LogP contribution in [0.15, 0.2) is 60.1 Å². The number of ketones is 1. The first-order chi connectivity index (χ1) is 18.9. The number of nitrogens with zero attached hydrogens (tertiary/aromatic N) is 7. The van der Waals surface area contributed by atoms with E-state index in [-0.39, 0.29) is 11.3 Å². The van der Waals surface area contributed by atoms with Crippen LogP contribution >= 0.6 is 0 Å². The van der Waals surface area contributed by atoms with Gasteiger partial charge in [-0.25, -0.2) is 15.0 Å². The Kier molecular flexibility index (Phi) is 5.25. The van der Waals surface area contributed by atoms with Gasteiger partial charge in [-0.15, -0.1) is 10.2 Å². The highest BCUT2D eigenvalue weighted by atomic mass is 16.5. The van der Waals surface area contributed by atoms with Crippen molar-refractivity contribution >= 4 is 39.7 Å². The summed E-state index contributed by atoms with van der Waals surface area (Å²) in [6.07, 6.45) is 7.89. The van der Waals surface area contributed by atoms with Crippen LogP contribution in [0.4, 0.5) is 11.5 Å². The Bertz CT molecular complexity index is 1800. The molecule has 1 fully saturated rings. The van der Waals surface area contributed by atoms with Gasteiger partial charge in [0.2, 0.25) is 5.88 Å². The fourth-order valence-electron chi connectivity index (χ4n) is 5.42. The lowest BCUT2D eigenvalue weighted by atomic mass is 9.95. The third-order valence-electron chi connectivity index (χ3n) is 7.44. The van der Waals surface area contributed by atoms with Gasteiger partial charge in [0.05, 0.1) is 11.1 Å². The first-order valence-corrected chi connectivity index (χ1v) is 12.9. The van der Waals surface area contributed by atoms with E-state index in [9.17, 15) is 4.79 Å². The molecular weight excluding hydrogens is 494 g/mol. The number of aliphatic imine (C=N–C) groups is 1. The van der Waals surface area contributed by atoms with Crippen LogP contribution in [-0.4, -0.2) is 46.7 Å². The lowest BCUT2D eigenvalue weighted by Crippen LogP contribution is -2.20. The third-order valence-corrected chi connectivity index (χ3v) is 7.44. The highest BCUT2D eigenvalue weighted by Crippen LogP contribution is 2.40. The maximum Gasteiger partial charge on any atom is 0.224 e. The molecule has 0 radical (unpaired) electrons.